The van der Waals surface area contributed by atoms with E-state index in [2.05, 4.69) is 5.32 Å². The maximum Gasteiger partial charge on any atom is 0.224 e. The summed E-state index contributed by atoms with van der Waals surface area (Å²) in [4.78, 5) is 25.5. The molecule has 114 valence electrons. The standard InChI is InChI=1S/C16H22N2O3/c1-12(19)17-15(11-16(20)18-9-3-4-10-18)13-5-7-14(21-2)8-6-13/h5-8,15H,3-4,9-11H2,1-2H3,(H,17,19). The smallest absolute Gasteiger partial charge is 0.224 e. The number of benzene rings is 1. The van der Waals surface area contributed by atoms with Crippen LogP contribution in [0.2, 0.25) is 0 Å². The van der Waals surface area contributed by atoms with Crippen LogP contribution in [0.4, 0.5) is 0 Å². The molecule has 1 heterocycles. The molecular formula is C16H22N2O3. The minimum atomic E-state index is -0.290. The molecule has 21 heavy (non-hydrogen) atoms. The summed E-state index contributed by atoms with van der Waals surface area (Å²) in [6.07, 6.45) is 2.43. The normalized spacial score (nSPS) is 15.6. The van der Waals surface area contributed by atoms with Gasteiger partial charge in [-0.1, -0.05) is 12.1 Å². The second kappa shape index (κ2) is 7.11. The second-order valence-corrected chi connectivity index (χ2v) is 5.32. The number of likely N-dealkylation sites (tertiary alicyclic amines) is 1. The predicted molar refractivity (Wildman–Crippen MR) is 80.0 cm³/mol. The van der Waals surface area contributed by atoms with Crippen LogP contribution < -0.4 is 10.1 Å². The minimum absolute atomic E-state index is 0.0991. The molecule has 2 amide bonds. The lowest BCUT2D eigenvalue weighted by molar-refractivity contribution is -0.131. The zero-order valence-electron chi connectivity index (χ0n) is 12.6. The van der Waals surface area contributed by atoms with Crippen LogP contribution in [0.3, 0.4) is 0 Å². The van der Waals surface area contributed by atoms with Gasteiger partial charge in [0.1, 0.15) is 5.75 Å². The topological polar surface area (TPSA) is 58.6 Å². The molecule has 1 saturated heterocycles. The number of hydrogen-bond donors (Lipinski definition) is 1. The van der Waals surface area contributed by atoms with Crippen molar-refractivity contribution in [3.05, 3.63) is 29.8 Å². The number of rotatable bonds is 5. The molecule has 1 aliphatic heterocycles. The van der Waals surface area contributed by atoms with Gasteiger partial charge in [-0.3, -0.25) is 9.59 Å². The summed E-state index contributed by atoms with van der Waals surface area (Å²) < 4.78 is 5.13. The van der Waals surface area contributed by atoms with Gasteiger partial charge in [0, 0.05) is 20.0 Å². The molecule has 0 radical (unpaired) electrons. The molecule has 0 aliphatic carbocycles. The Hall–Kier alpha value is -2.04. The third-order valence-electron chi connectivity index (χ3n) is 3.73. The van der Waals surface area contributed by atoms with Gasteiger partial charge in [0.05, 0.1) is 19.6 Å². The van der Waals surface area contributed by atoms with Gasteiger partial charge in [0.15, 0.2) is 0 Å². The van der Waals surface area contributed by atoms with Crippen molar-refractivity contribution in [1.82, 2.24) is 10.2 Å². The van der Waals surface area contributed by atoms with Crippen molar-refractivity contribution in [2.45, 2.75) is 32.2 Å². The van der Waals surface area contributed by atoms with Gasteiger partial charge in [-0.15, -0.1) is 0 Å². The number of methoxy groups -OCH3 is 1. The van der Waals surface area contributed by atoms with E-state index in [-0.39, 0.29) is 17.9 Å². The van der Waals surface area contributed by atoms with E-state index in [1.165, 1.54) is 6.92 Å². The van der Waals surface area contributed by atoms with E-state index in [0.29, 0.717) is 6.42 Å². The average molecular weight is 290 g/mol. The fourth-order valence-corrected chi connectivity index (χ4v) is 2.60. The number of carbonyl (C=O) groups excluding carboxylic acids is 2. The van der Waals surface area contributed by atoms with Crippen molar-refractivity contribution < 1.29 is 14.3 Å². The van der Waals surface area contributed by atoms with Gasteiger partial charge in [-0.05, 0) is 30.5 Å². The van der Waals surface area contributed by atoms with Gasteiger partial charge in [0.25, 0.3) is 0 Å². The number of hydrogen-bond acceptors (Lipinski definition) is 3. The molecule has 0 bridgehead atoms. The molecule has 1 atom stereocenters. The number of nitrogens with zero attached hydrogens (tertiary/aromatic N) is 1. The minimum Gasteiger partial charge on any atom is -0.497 e. The summed E-state index contributed by atoms with van der Waals surface area (Å²) in [7, 11) is 1.61. The summed E-state index contributed by atoms with van der Waals surface area (Å²) in [5.41, 5.74) is 0.915. The van der Waals surface area contributed by atoms with Crippen molar-refractivity contribution in [3.8, 4) is 5.75 Å². The van der Waals surface area contributed by atoms with Crippen LogP contribution in [-0.4, -0.2) is 36.9 Å². The lowest BCUT2D eigenvalue weighted by atomic mass is 10.0. The number of amides is 2. The molecule has 0 saturated carbocycles. The lowest BCUT2D eigenvalue weighted by Gasteiger charge is -2.22. The monoisotopic (exact) mass is 290 g/mol. The Bertz CT molecular complexity index is 493. The fraction of sp³-hybridized carbons (Fsp3) is 0.500. The van der Waals surface area contributed by atoms with Crippen LogP contribution in [0, 0.1) is 0 Å². The summed E-state index contributed by atoms with van der Waals surface area (Å²) in [6, 6.07) is 7.16. The molecule has 1 aromatic rings. The van der Waals surface area contributed by atoms with E-state index in [9.17, 15) is 9.59 Å². The summed E-state index contributed by atoms with van der Waals surface area (Å²) in [6.45, 7) is 3.12. The quantitative estimate of drug-likeness (QED) is 0.901. The Labute approximate surface area is 125 Å². The van der Waals surface area contributed by atoms with Crippen molar-refractivity contribution in [2.24, 2.45) is 0 Å². The Morgan fingerprint density at radius 1 is 1.24 bits per heavy atom. The molecule has 2 rings (SSSR count). The van der Waals surface area contributed by atoms with Crippen LogP contribution in [0.15, 0.2) is 24.3 Å². The van der Waals surface area contributed by atoms with Gasteiger partial charge in [0.2, 0.25) is 11.8 Å². The molecule has 5 heteroatoms. The first-order chi connectivity index (χ1) is 10.1. The van der Waals surface area contributed by atoms with E-state index in [4.69, 9.17) is 4.74 Å². The van der Waals surface area contributed by atoms with Crippen molar-refractivity contribution in [3.63, 3.8) is 0 Å². The van der Waals surface area contributed by atoms with E-state index in [0.717, 1.165) is 37.2 Å². The molecule has 1 fully saturated rings. The highest BCUT2D eigenvalue weighted by Gasteiger charge is 2.23. The third-order valence-corrected chi connectivity index (χ3v) is 3.73. The zero-order chi connectivity index (χ0) is 15.2. The van der Waals surface area contributed by atoms with Crippen molar-refractivity contribution >= 4 is 11.8 Å². The first-order valence-electron chi connectivity index (χ1n) is 7.29. The molecule has 1 N–H and O–H groups in total. The predicted octanol–water partition coefficient (Wildman–Crippen LogP) is 1.88. The van der Waals surface area contributed by atoms with Crippen LogP contribution in [0.25, 0.3) is 0 Å². The maximum atomic E-state index is 12.3. The lowest BCUT2D eigenvalue weighted by Crippen LogP contribution is -2.34. The number of ether oxygens (including phenoxy) is 1. The molecule has 1 aliphatic rings. The van der Waals surface area contributed by atoms with E-state index < -0.39 is 0 Å². The number of nitrogens with one attached hydrogen (secondary N) is 1. The maximum absolute atomic E-state index is 12.3. The van der Waals surface area contributed by atoms with E-state index >= 15 is 0 Å². The molecule has 5 nitrogen and oxygen atoms in total. The van der Waals surface area contributed by atoms with Gasteiger partial charge < -0.3 is 15.0 Å². The van der Waals surface area contributed by atoms with Crippen LogP contribution in [0.1, 0.15) is 37.8 Å². The first-order valence-corrected chi connectivity index (χ1v) is 7.29. The average Bonchev–Trinajstić information content (AvgIpc) is 3.00. The zero-order valence-corrected chi connectivity index (χ0v) is 12.6. The van der Waals surface area contributed by atoms with Gasteiger partial charge in [-0.25, -0.2) is 0 Å². The summed E-state index contributed by atoms with van der Waals surface area (Å²) in [5.74, 6) is 0.721. The molecule has 1 aromatic carbocycles. The Kier molecular flexibility index (Phi) is 5.20. The third kappa shape index (κ3) is 4.21. The second-order valence-electron chi connectivity index (χ2n) is 5.32. The van der Waals surface area contributed by atoms with E-state index in [1.807, 2.05) is 29.2 Å². The fourth-order valence-electron chi connectivity index (χ4n) is 2.60. The van der Waals surface area contributed by atoms with Crippen molar-refractivity contribution in [1.29, 1.82) is 0 Å². The SMILES string of the molecule is COc1ccc(C(CC(=O)N2CCCC2)NC(C)=O)cc1. The van der Waals surface area contributed by atoms with Crippen LogP contribution in [0.5, 0.6) is 5.75 Å². The molecule has 1 unspecified atom stereocenters. The highest BCUT2D eigenvalue weighted by Crippen LogP contribution is 2.22. The molecule has 0 spiro atoms. The van der Waals surface area contributed by atoms with E-state index in [1.54, 1.807) is 7.11 Å². The highest BCUT2D eigenvalue weighted by molar-refractivity contribution is 5.79. The van der Waals surface area contributed by atoms with Crippen LogP contribution >= 0.6 is 0 Å². The summed E-state index contributed by atoms with van der Waals surface area (Å²) >= 11 is 0. The first kappa shape index (κ1) is 15.4. The molecule has 0 aromatic heterocycles. The number of carbonyl (C=O) groups is 2. The van der Waals surface area contributed by atoms with Crippen molar-refractivity contribution in [2.75, 3.05) is 20.2 Å². The Balaban J connectivity index is 2.08. The summed E-state index contributed by atoms with van der Waals surface area (Å²) in [5, 5.41) is 2.86. The largest absolute Gasteiger partial charge is 0.497 e. The van der Waals surface area contributed by atoms with Crippen LogP contribution in [-0.2, 0) is 9.59 Å². The highest BCUT2D eigenvalue weighted by atomic mass is 16.5. The van der Waals surface area contributed by atoms with Gasteiger partial charge in [-0.2, -0.15) is 0 Å². The molecular weight excluding hydrogens is 268 g/mol. The Morgan fingerprint density at radius 3 is 2.38 bits per heavy atom. The Morgan fingerprint density at radius 2 is 1.86 bits per heavy atom. The van der Waals surface area contributed by atoms with Gasteiger partial charge >= 0.3 is 0 Å².